The highest BCUT2D eigenvalue weighted by Gasteiger charge is 2.50. The zero-order valence-corrected chi connectivity index (χ0v) is 14.5. The summed E-state index contributed by atoms with van der Waals surface area (Å²) >= 11 is 0. The van der Waals surface area contributed by atoms with Crippen LogP contribution in [0.2, 0.25) is 0 Å². The average molecular weight is 386 g/mol. The van der Waals surface area contributed by atoms with Gasteiger partial charge in [0.05, 0.1) is 22.5 Å². The first-order valence-electron chi connectivity index (χ1n) is 7.96. The van der Waals surface area contributed by atoms with E-state index in [9.17, 15) is 20.2 Å². The van der Waals surface area contributed by atoms with Crippen molar-refractivity contribution in [3.63, 3.8) is 0 Å². The lowest BCUT2D eigenvalue weighted by atomic mass is 9.98. The fraction of sp³-hybridized carbons (Fsp3) is 0.600. The minimum atomic E-state index is -1.08. The van der Waals surface area contributed by atoms with Crippen LogP contribution >= 0.6 is 0 Å². The van der Waals surface area contributed by atoms with E-state index in [2.05, 4.69) is 0 Å². The van der Waals surface area contributed by atoms with E-state index in [1.807, 2.05) is 0 Å². The van der Waals surface area contributed by atoms with Gasteiger partial charge in [-0.2, -0.15) is 0 Å². The molecule has 5 atom stereocenters. The Bertz CT molecular complexity index is 714. The van der Waals surface area contributed by atoms with Gasteiger partial charge in [-0.05, 0) is 6.07 Å². The third-order valence-electron chi connectivity index (χ3n) is 4.35. The average Bonchev–Trinajstić information content (AvgIpc) is 2.66. The Balaban J connectivity index is 1.89. The highest BCUT2D eigenvalue weighted by atomic mass is 16.8. The molecule has 0 spiro atoms. The normalized spacial score (nSPS) is 30.4. The standard InChI is InChI=1S/C15H18N2O10/c1-22-13-12-11(6-24-7-25-12)27-15(14(13)23-2)26-10-4-3-8(16(18)19)5-9(10)17(20)21/h3-5,11-15H,6-7H2,1-2H3/t11-,12-,13+,14-,15-/m1/s1. The number of ether oxygens (including phenoxy) is 6. The van der Waals surface area contributed by atoms with Crippen LogP contribution < -0.4 is 4.74 Å². The molecule has 27 heavy (non-hydrogen) atoms. The molecule has 148 valence electrons. The Morgan fingerprint density at radius 2 is 1.85 bits per heavy atom. The van der Waals surface area contributed by atoms with Crippen LogP contribution in [0.15, 0.2) is 18.2 Å². The molecule has 2 heterocycles. The summed E-state index contributed by atoms with van der Waals surface area (Å²) in [6.07, 6.45) is -3.40. The SMILES string of the molecule is CO[C@@H]1[C@@H](OC)[C@H](Oc2ccc([N+](=O)[O-])cc2[N+](=O)[O-])O[C@@H]2COCO[C@@H]12. The van der Waals surface area contributed by atoms with Crippen molar-refractivity contribution in [3.8, 4) is 5.75 Å². The van der Waals surface area contributed by atoms with Gasteiger partial charge in [-0.3, -0.25) is 20.2 Å². The van der Waals surface area contributed by atoms with Crippen LogP contribution in [0.1, 0.15) is 0 Å². The van der Waals surface area contributed by atoms with E-state index < -0.39 is 51.9 Å². The Morgan fingerprint density at radius 1 is 1.11 bits per heavy atom. The van der Waals surface area contributed by atoms with Crippen molar-refractivity contribution in [3.05, 3.63) is 38.4 Å². The van der Waals surface area contributed by atoms with Gasteiger partial charge < -0.3 is 28.4 Å². The minimum absolute atomic E-state index is 0.0835. The van der Waals surface area contributed by atoms with E-state index in [1.54, 1.807) is 0 Å². The Morgan fingerprint density at radius 3 is 2.48 bits per heavy atom. The van der Waals surface area contributed by atoms with Gasteiger partial charge in [-0.1, -0.05) is 0 Å². The molecule has 0 unspecified atom stereocenters. The molecule has 1 aromatic rings. The van der Waals surface area contributed by atoms with Crippen LogP contribution in [-0.2, 0) is 23.7 Å². The highest BCUT2D eigenvalue weighted by Crippen LogP contribution is 2.35. The number of hydrogen-bond acceptors (Lipinski definition) is 10. The number of rotatable bonds is 6. The second-order valence-electron chi connectivity index (χ2n) is 5.85. The maximum absolute atomic E-state index is 11.3. The number of nitrogens with zero attached hydrogens (tertiary/aromatic N) is 2. The number of fused-ring (bicyclic) bond motifs is 1. The van der Waals surface area contributed by atoms with Crippen molar-refractivity contribution in [2.45, 2.75) is 30.7 Å². The van der Waals surface area contributed by atoms with E-state index in [-0.39, 0.29) is 19.1 Å². The van der Waals surface area contributed by atoms with Crippen molar-refractivity contribution in [2.24, 2.45) is 0 Å². The van der Waals surface area contributed by atoms with Gasteiger partial charge in [0.1, 0.15) is 31.2 Å². The third-order valence-corrected chi connectivity index (χ3v) is 4.35. The largest absolute Gasteiger partial charge is 0.455 e. The number of non-ortho nitro benzene ring substituents is 1. The maximum atomic E-state index is 11.3. The fourth-order valence-electron chi connectivity index (χ4n) is 3.10. The van der Waals surface area contributed by atoms with Gasteiger partial charge in [0.25, 0.3) is 5.69 Å². The lowest BCUT2D eigenvalue weighted by molar-refractivity contribution is -0.395. The number of nitro benzene ring substituents is 2. The molecule has 12 nitrogen and oxygen atoms in total. The van der Waals surface area contributed by atoms with Gasteiger partial charge in [0, 0.05) is 20.3 Å². The van der Waals surface area contributed by atoms with Crippen LogP contribution in [0.4, 0.5) is 11.4 Å². The van der Waals surface area contributed by atoms with Gasteiger partial charge in [-0.15, -0.1) is 0 Å². The quantitative estimate of drug-likeness (QED) is 0.513. The lowest BCUT2D eigenvalue weighted by Gasteiger charge is -2.46. The summed E-state index contributed by atoms with van der Waals surface area (Å²) in [7, 11) is 2.89. The molecule has 0 aliphatic carbocycles. The van der Waals surface area contributed by atoms with Gasteiger partial charge in [0.15, 0.2) is 0 Å². The Labute approximate surface area is 153 Å². The smallest absolute Gasteiger partial charge is 0.317 e. The monoisotopic (exact) mass is 386 g/mol. The van der Waals surface area contributed by atoms with Crippen LogP contribution in [0, 0.1) is 20.2 Å². The number of hydrogen-bond donors (Lipinski definition) is 0. The second kappa shape index (κ2) is 8.10. The van der Waals surface area contributed by atoms with Gasteiger partial charge in [-0.25, -0.2) is 0 Å². The summed E-state index contributed by atoms with van der Waals surface area (Å²) < 4.78 is 33.1. The number of nitro groups is 2. The van der Waals surface area contributed by atoms with Crippen LogP contribution in [0.25, 0.3) is 0 Å². The number of benzene rings is 1. The topological polar surface area (TPSA) is 142 Å². The summed E-state index contributed by atoms with van der Waals surface area (Å²) in [6.45, 7) is 0.309. The van der Waals surface area contributed by atoms with Crippen LogP contribution in [0.3, 0.4) is 0 Å². The van der Waals surface area contributed by atoms with Crippen molar-refractivity contribution in [2.75, 3.05) is 27.6 Å². The summed E-state index contributed by atoms with van der Waals surface area (Å²) in [4.78, 5) is 20.7. The number of methoxy groups -OCH3 is 2. The molecular formula is C15H18N2O10. The third kappa shape index (κ3) is 3.84. The maximum Gasteiger partial charge on any atom is 0.317 e. The lowest BCUT2D eigenvalue weighted by Crippen LogP contribution is -2.63. The summed E-state index contributed by atoms with van der Waals surface area (Å²) in [6, 6.07) is 3.08. The highest BCUT2D eigenvalue weighted by molar-refractivity contribution is 5.53. The molecule has 3 rings (SSSR count). The zero-order valence-electron chi connectivity index (χ0n) is 14.5. The predicted octanol–water partition coefficient (Wildman–Crippen LogP) is 1.01. The molecule has 0 N–H and O–H groups in total. The van der Waals surface area contributed by atoms with Crippen LogP contribution in [0.5, 0.6) is 5.75 Å². The molecule has 0 amide bonds. The second-order valence-corrected chi connectivity index (χ2v) is 5.85. The first-order valence-corrected chi connectivity index (χ1v) is 7.96. The molecule has 0 bridgehead atoms. The molecule has 2 saturated heterocycles. The summed E-state index contributed by atoms with van der Waals surface area (Å²) in [5.41, 5.74) is -0.985. The van der Waals surface area contributed by atoms with E-state index in [4.69, 9.17) is 28.4 Å². The van der Waals surface area contributed by atoms with Crippen molar-refractivity contribution in [1.82, 2.24) is 0 Å². The minimum Gasteiger partial charge on any atom is -0.455 e. The van der Waals surface area contributed by atoms with Gasteiger partial charge in [0.2, 0.25) is 12.0 Å². The van der Waals surface area contributed by atoms with Gasteiger partial charge >= 0.3 is 5.69 Å². The first kappa shape index (κ1) is 19.4. The van der Waals surface area contributed by atoms with E-state index in [1.165, 1.54) is 14.2 Å². The molecule has 1 aromatic carbocycles. The summed E-state index contributed by atoms with van der Waals surface area (Å²) in [5.74, 6) is -0.191. The Hall–Kier alpha value is -2.38. The molecular weight excluding hydrogens is 368 g/mol. The molecule has 2 aliphatic heterocycles. The van der Waals surface area contributed by atoms with Crippen molar-refractivity contribution in [1.29, 1.82) is 0 Å². The molecule has 2 aliphatic rings. The molecule has 12 heteroatoms. The van der Waals surface area contributed by atoms with Crippen LogP contribution in [-0.4, -0.2) is 68.2 Å². The van der Waals surface area contributed by atoms with E-state index in [0.717, 1.165) is 18.2 Å². The molecule has 2 fully saturated rings. The summed E-state index contributed by atoms with van der Waals surface area (Å²) in [5, 5.41) is 22.2. The predicted molar refractivity (Wildman–Crippen MR) is 86.3 cm³/mol. The molecule has 0 aromatic heterocycles. The molecule has 0 saturated carbocycles. The van der Waals surface area contributed by atoms with E-state index in [0.29, 0.717) is 0 Å². The first-order chi connectivity index (χ1) is 13.0. The Kier molecular flexibility index (Phi) is 5.82. The molecule has 0 radical (unpaired) electrons. The van der Waals surface area contributed by atoms with Crippen molar-refractivity contribution < 1.29 is 38.3 Å². The fourth-order valence-corrected chi connectivity index (χ4v) is 3.10. The zero-order chi connectivity index (χ0) is 19.6. The van der Waals surface area contributed by atoms with E-state index >= 15 is 0 Å². The van der Waals surface area contributed by atoms with Crippen molar-refractivity contribution >= 4 is 11.4 Å².